The fraction of sp³-hybridized carbons (Fsp3) is 0.300. The predicted octanol–water partition coefficient (Wildman–Crippen LogP) is 4.11. The van der Waals surface area contributed by atoms with Gasteiger partial charge in [-0.15, -0.1) is 0 Å². The molecule has 2 aromatic heterocycles. The summed E-state index contributed by atoms with van der Waals surface area (Å²) < 4.78 is 10.9. The number of hydrogen-bond acceptors (Lipinski definition) is 6. The van der Waals surface area contributed by atoms with Crippen LogP contribution in [-0.2, 0) is 6.61 Å². The minimum Gasteiger partial charge on any atom is -0.482 e. The number of ether oxygens (including phenoxy) is 1. The van der Waals surface area contributed by atoms with Gasteiger partial charge in [0.05, 0.1) is 6.20 Å². The Balaban J connectivity index is 1.27. The van der Waals surface area contributed by atoms with E-state index in [1.807, 2.05) is 12.1 Å². The molecular formula is C20H20ClN5O3. The SMILES string of the molecule is O=C(Nc1cccc(Cl)c1)N1CCC(c2noc(COc3cccnc3)n2)CC1. The number of carbonyl (C=O) groups excluding carboxylic acids is 1. The van der Waals surface area contributed by atoms with Crippen molar-refractivity contribution in [2.75, 3.05) is 18.4 Å². The molecule has 1 aliphatic heterocycles. The molecule has 0 saturated carbocycles. The number of aromatic nitrogens is 3. The summed E-state index contributed by atoms with van der Waals surface area (Å²) in [7, 11) is 0. The molecule has 0 bridgehead atoms. The van der Waals surface area contributed by atoms with Gasteiger partial charge in [-0.25, -0.2) is 4.79 Å². The van der Waals surface area contributed by atoms with E-state index in [-0.39, 0.29) is 18.6 Å². The number of rotatable bonds is 5. The van der Waals surface area contributed by atoms with Gasteiger partial charge in [-0.05, 0) is 43.2 Å². The molecule has 1 aromatic carbocycles. The first kappa shape index (κ1) is 19.2. The number of nitrogens with zero attached hydrogens (tertiary/aromatic N) is 4. The van der Waals surface area contributed by atoms with Crippen LogP contribution in [0.1, 0.15) is 30.5 Å². The van der Waals surface area contributed by atoms with Crippen LogP contribution in [0.2, 0.25) is 5.02 Å². The van der Waals surface area contributed by atoms with Gasteiger partial charge in [-0.1, -0.05) is 22.8 Å². The van der Waals surface area contributed by atoms with Crippen molar-refractivity contribution in [1.29, 1.82) is 0 Å². The van der Waals surface area contributed by atoms with Gasteiger partial charge in [0.25, 0.3) is 5.89 Å². The van der Waals surface area contributed by atoms with Crippen LogP contribution in [-0.4, -0.2) is 39.1 Å². The van der Waals surface area contributed by atoms with Gasteiger partial charge in [-0.2, -0.15) is 4.98 Å². The molecule has 8 nitrogen and oxygen atoms in total. The summed E-state index contributed by atoms with van der Waals surface area (Å²) in [4.78, 5) is 22.7. The van der Waals surface area contributed by atoms with E-state index in [1.165, 1.54) is 0 Å². The van der Waals surface area contributed by atoms with E-state index < -0.39 is 0 Å². The van der Waals surface area contributed by atoms with Crippen molar-refractivity contribution in [1.82, 2.24) is 20.0 Å². The van der Waals surface area contributed by atoms with Crippen molar-refractivity contribution >= 4 is 23.3 Å². The van der Waals surface area contributed by atoms with Crippen molar-refractivity contribution in [3.05, 3.63) is 65.5 Å². The Morgan fingerprint density at radius 3 is 2.90 bits per heavy atom. The van der Waals surface area contributed by atoms with E-state index in [0.717, 1.165) is 12.8 Å². The Hall–Kier alpha value is -3.13. The van der Waals surface area contributed by atoms with Crippen molar-refractivity contribution in [2.45, 2.75) is 25.4 Å². The molecule has 1 saturated heterocycles. The van der Waals surface area contributed by atoms with Gasteiger partial charge in [0, 0.05) is 35.9 Å². The van der Waals surface area contributed by atoms with Crippen molar-refractivity contribution in [3.63, 3.8) is 0 Å². The molecule has 2 amide bonds. The van der Waals surface area contributed by atoms with Crippen LogP contribution in [0.5, 0.6) is 5.75 Å². The fourth-order valence-corrected chi connectivity index (χ4v) is 3.37. The van der Waals surface area contributed by atoms with E-state index >= 15 is 0 Å². The molecule has 0 radical (unpaired) electrons. The van der Waals surface area contributed by atoms with Crippen molar-refractivity contribution in [3.8, 4) is 5.75 Å². The first-order chi connectivity index (χ1) is 14.2. The van der Waals surface area contributed by atoms with Gasteiger partial charge in [0.1, 0.15) is 5.75 Å². The van der Waals surface area contributed by atoms with E-state index in [2.05, 4.69) is 20.4 Å². The van der Waals surface area contributed by atoms with Crippen LogP contribution in [0.3, 0.4) is 0 Å². The number of amides is 2. The highest BCUT2D eigenvalue weighted by Gasteiger charge is 2.27. The molecular weight excluding hydrogens is 394 g/mol. The van der Waals surface area contributed by atoms with E-state index in [9.17, 15) is 4.79 Å². The molecule has 29 heavy (non-hydrogen) atoms. The Morgan fingerprint density at radius 1 is 1.28 bits per heavy atom. The number of carbonyl (C=O) groups is 1. The third-order valence-electron chi connectivity index (χ3n) is 4.70. The van der Waals surface area contributed by atoms with Gasteiger partial charge in [-0.3, -0.25) is 4.98 Å². The molecule has 4 rings (SSSR count). The Morgan fingerprint density at radius 2 is 2.14 bits per heavy atom. The number of halogens is 1. The molecule has 0 spiro atoms. The summed E-state index contributed by atoms with van der Waals surface area (Å²) in [6, 6.07) is 10.6. The van der Waals surface area contributed by atoms with Crippen LogP contribution in [0, 0.1) is 0 Å². The van der Waals surface area contributed by atoms with Crippen LogP contribution in [0.25, 0.3) is 0 Å². The molecule has 1 fully saturated rings. The highest BCUT2D eigenvalue weighted by atomic mass is 35.5. The van der Waals surface area contributed by atoms with Crippen LogP contribution >= 0.6 is 11.6 Å². The highest BCUT2D eigenvalue weighted by Crippen LogP contribution is 2.26. The third-order valence-corrected chi connectivity index (χ3v) is 4.94. The zero-order chi connectivity index (χ0) is 20.1. The minimum atomic E-state index is -0.135. The number of likely N-dealkylation sites (tertiary alicyclic amines) is 1. The molecule has 3 heterocycles. The lowest BCUT2D eigenvalue weighted by atomic mass is 9.96. The van der Waals surface area contributed by atoms with E-state index in [0.29, 0.717) is 41.3 Å². The second-order valence-corrected chi connectivity index (χ2v) is 7.16. The van der Waals surface area contributed by atoms with Crippen molar-refractivity contribution in [2.24, 2.45) is 0 Å². The van der Waals surface area contributed by atoms with Crippen molar-refractivity contribution < 1.29 is 14.1 Å². The Bertz CT molecular complexity index is 958. The summed E-state index contributed by atoms with van der Waals surface area (Å²) in [5, 5.41) is 7.54. The number of urea groups is 1. The maximum absolute atomic E-state index is 12.4. The largest absolute Gasteiger partial charge is 0.482 e. The lowest BCUT2D eigenvalue weighted by Gasteiger charge is -2.30. The van der Waals surface area contributed by atoms with Gasteiger partial charge in [0.2, 0.25) is 0 Å². The molecule has 150 valence electrons. The average molecular weight is 414 g/mol. The summed E-state index contributed by atoms with van der Waals surface area (Å²) in [6.07, 6.45) is 4.84. The fourth-order valence-electron chi connectivity index (χ4n) is 3.18. The van der Waals surface area contributed by atoms with E-state index in [1.54, 1.807) is 41.6 Å². The zero-order valence-corrected chi connectivity index (χ0v) is 16.4. The van der Waals surface area contributed by atoms with Crippen LogP contribution < -0.4 is 10.1 Å². The summed E-state index contributed by atoms with van der Waals surface area (Å²) in [5.74, 6) is 1.88. The molecule has 1 aliphatic rings. The lowest BCUT2D eigenvalue weighted by Crippen LogP contribution is -2.40. The summed E-state index contributed by atoms with van der Waals surface area (Å²) in [6.45, 7) is 1.43. The highest BCUT2D eigenvalue weighted by molar-refractivity contribution is 6.30. The van der Waals surface area contributed by atoms with Gasteiger partial charge in [0.15, 0.2) is 12.4 Å². The Labute approximate surface area is 172 Å². The topological polar surface area (TPSA) is 93.4 Å². The normalized spacial score (nSPS) is 14.6. The number of benzene rings is 1. The molecule has 0 atom stereocenters. The molecule has 9 heteroatoms. The van der Waals surface area contributed by atoms with Crippen LogP contribution in [0.15, 0.2) is 53.3 Å². The second-order valence-electron chi connectivity index (χ2n) is 6.73. The van der Waals surface area contributed by atoms with Gasteiger partial charge >= 0.3 is 6.03 Å². The summed E-state index contributed by atoms with van der Waals surface area (Å²) >= 11 is 5.96. The molecule has 0 aliphatic carbocycles. The van der Waals surface area contributed by atoms with Crippen LogP contribution in [0.4, 0.5) is 10.5 Å². The van der Waals surface area contributed by atoms with Gasteiger partial charge < -0.3 is 19.5 Å². The summed E-state index contributed by atoms with van der Waals surface area (Å²) in [5.41, 5.74) is 0.682. The lowest BCUT2D eigenvalue weighted by molar-refractivity contribution is 0.193. The molecule has 3 aromatic rings. The monoisotopic (exact) mass is 413 g/mol. The molecule has 0 unspecified atom stereocenters. The third kappa shape index (κ3) is 5.03. The number of piperidine rings is 1. The number of nitrogens with one attached hydrogen (secondary N) is 1. The quantitative estimate of drug-likeness (QED) is 0.676. The first-order valence-electron chi connectivity index (χ1n) is 9.34. The zero-order valence-electron chi connectivity index (χ0n) is 15.6. The second kappa shape index (κ2) is 8.91. The molecule has 1 N–H and O–H groups in total. The number of anilines is 1. The first-order valence-corrected chi connectivity index (χ1v) is 9.72. The Kier molecular flexibility index (Phi) is 5.90. The van der Waals surface area contributed by atoms with E-state index in [4.69, 9.17) is 20.9 Å². The number of pyridine rings is 1. The maximum atomic E-state index is 12.4. The maximum Gasteiger partial charge on any atom is 0.321 e. The number of hydrogen-bond donors (Lipinski definition) is 1. The standard InChI is InChI=1S/C20H20ClN5O3/c21-15-3-1-4-16(11-15)23-20(27)26-9-6-14(7-10-26)19-24-18(29-25-19)13-28-17-5-2-8-22-12-17/h1-5,8,11-12,14H,6-7,9-10,13H2,(H,23,27). The average Bonchev–Trinajstić information content (AvgIpc) is 3.22. The smallest absolute Gasteiger partial charge is 0.321 e. The predicted molar refractivity (Wildman–Crippen MR) is 107 cm³/mol. The minimum absolute atomic E-state index is 0.135.